The van der Waals surface area contributed by atoms with Gasteiger partial charge in [0.2, 0.25) is 0 Å². The van der Waals surface area contributed by atoms with E-state index in [1.54, 1.807) is 0 Å². The number of rotatable bonds is 12. The van der Waals surface area contributed by atoms with Crippen LogP contribution in [0.1, 0.15) is 12.8 Å². The predicted octanol–water partition coefficient (Wildman–Crippen LogP) is -0.611. The second kappa shape index (κ2) is 13.8. The van der Waals surface area contributed by atoms with Crippen LogP contribution in [0.15, 0.2) is 0 Å². The molecule has 0 aromatic rings. The number of aliphatic hydroxyl groups excluding tert-OH is 2. The Labute approximate surface area is 91.4 Å². The van der Waals surface area contributed by atoms with E-state index in [0.29, 0.717) is 52.4 Å². The molecule has 0 saturated heterocycles. The highest BCUT2D eigenvalue weighted by atomic mass is 16.5. The van der Waals surface area contributed by atoms with Gasteiger partial charge in [-0.05, 0) is 12.8 Å². The van der Waals surface area contributed by atoms with E-state index in [2.05, 4.69) is 5.32 Å². The molecule has 5 heteroatoms. The first-order valence-electron chi connectivity index (χ1n) is 5.42. The van der Waals surface area contributed by atoms with Crippen LogP contribution >= 0.6 is 0 Å². The van der Waals surface area contributed by atoms with Gasteiger partial charge in [0.25, 0.3) is 0 Å². The first-order valence-corrected chi connectivity index (χ1v) is 5.42. The molecule has 0 amide bonds. The molecular weight excluding hydrogens is 198 g/mol. The average molecular weight is 220 g/mol. The molecule has 1 radical (unpaired) electrons. The van der Waals surface area contributed by atoms with E-state index in [0.717, 1.165) is 0 Å². The summed E-state index contributed by atoms with van der Waals surface area (Å²) in [7, 11) is 0. The van der Waals surface area contributed by atoms with Crippen molar-refractivity contribution >= 4 is 0 Å². The molecule has 0 aromatic heterocycles. The number of hydrogen-bond acceptors (Lipinski definition) is 4. The van der Waals surface area contributed by atoms with E-state index in [4.69, 9.17) is 19.7 Å². The monoisotopic (exact) mass is 220 g/mol. The third kappa shape index (κ3) is 13.8. The fourth-order valence-corrected chi connectivity index (χ4v) is 0.907. The van der Waals surface area contributed by atoms with E-state index in [1.807, 2.05) is 0 Å². The van der Waals surface area contributed by atoms with Crippen molar-refractivity contribution in [2.75, 3.05) is 52.7 Å². The Morgan fingerprint density at radius 3 is 1.60 bits per heavy atom. The average Bonchev–Trinajstić information content (AvgIpc) is 2.26. The van der Waals surface area contributed by atoms with Crippen molar-refractivity contribution < 1.29 is 19.7 Å². The minimum Gasteiger partial charge on any atom is -0.396 e. The number of ether oxygens (including phenoxy) is 2. The van der Waals surface area contributed by atoms with Crippen LogP contribution in [-0.4, -0.2) is 62.9 Å². The van der Waals surface area contributed by atoms with Crippen LogP contribution in [0.5, 0.6) is 0 Å². The molecule has 0 unspecified atom stereocenters. The van der Waals surface area contributed by atoms with E-state index in [-0.39, 0.29) is 13.2 Å². The second-order valence-corrected chi connectivity index (χ2v) is 3.05. The summed E-state index contributed by atoms with van der Waals surface area (Å²) in [5.74, 6) is 0. The summed E-state index contributed by atoms with van der Waals surface area (Å²) in [4.78, 5) is 0. The zero-order valence-electron chi connectivity index (χ0n) is 9.23. The predicted molar refractivity (Wildman–Crippen MR) is 56.9 cm³/mol. The van der Waals surface area contributed by atoms with Crippen molar-refractivity contribution in [1.82, 2.24) is 5.32 Å². The van der Waals surface area contributed by atoms with Crippen molar-refractivity contribution in [3.63, 3.8) is 0 Å². The van der Waals surface area contributed by atoms with Crippen LogP contribution in [0.25, 0.3) is 0 Å². The van der Waals surface area contributed by atoms with Crippen molar-refractivity contribution in [2.24, 2.45) is 0 Å². The minimum absolute atomic E-state index is 0.176. The van der Waals surface area contributed by atoms with Crippen LogP contribution in [0.3, 0.4) is 0 Å². The van der Waals surface area contributed by atoms with Crippen molar-refractivity contribution in [3.05, 3.63) is 0 Å². The minimum atomic E-state index is 0.176. The highest BCUT2D eigenvalue weighted by Gasteiger charge is 1.91. The molecule has 0 atom stereocenters. The summed E-state index contributed by atoms with van der Waals surface area (Å²) >= 11 is 0. The van der Waals surface area contributed by atoms with E-state index < -0.39 is 0 Å². The quantitative estimate of drug-likeness (QED) is 0.430. The lowest BCUT2D eigenvalue weighted by molar-refractivity contribution is 0.104. The molecule has 0 bridgehead atoms. The SMILES string of the molecule is OCCCOCC[N]CCOCCCO. The number of hydrogen-bond donors (Lipinski definition) is 2. The Morgan fingerprint density at radius 2 is 1.20 bits per heavy atom. The normalized spacial score (nSPS) is 10.8. The van der Waals surface area contributed by atoms with E-state index in [9.17, 15) is 0 Å². The molecule has 2 N–H and O–H groups in total. The summed E-state index contributed by atoms with van der Waals surface area (Å²) in [6, 6.07) is 0. The lowest BCUT2D eigenvalue weighted by Crippen LogP contribution is -2.18. The van der Waals surface area contributed by atoms with Gasteiger partial charge in [0, 0.05) is 39.5 Å². The Hall–Kier alpha value is -0.200. The summed E-state index contributed by atoms with van der Waals surface area (Å²) in [6.45, 7) is 4.11. The van der Waals surface area contributed by atoms with E-state index >= 15 is 0 Å². The molecule has 5 nitrogen and oxygen atoms in total. The molecule has 15 heavy (non-hydrogen) atoms. The maximum Gasteiger partial charge on any atom is 0.0607 e. The number of aliphatic hydroxyl groups is 2. The van der Waals surface area contributed by atoms with Gasteiger partial charge in [0.15, 0.2) is 0 Å². The van der Waals surface area contributed by atoms with Crippen LogP contribution < -0.4 is 5.32 Å². The highest BCUT2D eigenvalue weighted by Crippen LogP contribution is 1.82. The molecule has 0 saturated carbocycles. The Morgan fingerprint density at radius 1 is 0.733 bits per heavy atom. The standard InChI is InChI=1S/C10H22NO4/c12-5-1-7-14-9-3-11-4-10-15-8-2-6-13/h12-13H,1-10H2. The fourth-order valence-electron chi connectivity index (χ4n) is 0.907. The number of nitrogens with zero attached hydrogens (tertiary/aromatic N) is 1. The topological polar surface area (TPSA) is 73.0 Å². The first kappa shape index (κ1) is 14.8. The largest absolute Gasteiger partial charge is 0.396 e. The molecule has 0 spiro atoms. The molecule has 0 aliphatic carbocycles. The maximum absolute atomic E-state index is 8.47. The Bertz CT molecular complexity index is 102. The Kier molecular flexibility index (Phi) is 13.6. The van der Waals surface area contributed by atoms with Gasteiger partial charge in [-0.25, -0.2) is 5.32 Å². The van der Waals surface area contributed by atoms with Gasteiger partial charge >= 0.3 is 0 Å². The van der Waals surface area contributed by atoms with Gasteiger partial charge in [-0.15, -0.1) is 0 Å². The Balaban J connectivity index is 2.81. The zero-order chi connectivity index (χ0) is 11.2. The lowest BCUT2D eigenvalue weighted by atomic mass is 10.5. The van der Waals surface area contributed by atoms with Crippen LogP contribution in [-0.2, 0) is 9.47 Å². The first-order chi connectivity index (χ1) is 7.41. The second-order valence-electron chi connectivity index (χ2n) is 3.05. The van der Waals surface area contributed by atoms with Gasteiger partial charge < -0.3 is 19.7 Å². The third-order valence-electron chi connectivity index (χ3n) is 1.68. The molecule has 0 aromatic carbocycles. The van der Waals surface area contributed by atoms with Gasteiger partial charge in [-0.2, -0.15) is 0 Å². The molecule has 0 aliphatic rings. The van der Waals surface area contributed by atoms with Crippen molar-refractivity contribution in [2.45, 2.75) is 12.8 Å². The summed E-state index contributed by atoms with van der Waals surface area (Å²) < 4.78 is 10.4. The van der Waals surface area contributed by atoms with Crippen LogP contribution in [0.4, 0.5) is 0 Å². The molecule has 0 heterocycles. The summed E-state index contributed by atoms with van der Waals surface area (Å²) in [5.41, 5.74) is 0. The van der Waals surface area contributed by atoms with Gasteiger partial charge in [0.1, 0.15) is 0 Å². The maximum atomic E-state index is 8.47. The summed E-state index contributed by atoms with van der Waals surface area (Å²) in [5, 5.41) is 21.1. The fraction of sp³-hybridized carbons (Fsp3) is 1.00. The molecule has 0 fully saturated rings. The van der Waals surface area contributed by atoms with Gasteiger partial charge in [0.05, 0.1) is 13.2 Å². The molecule has 0 rings (SSSR count). The molecule has 91 valence electrons. The van der Waals surface area contributed by atoms with E-state index in [1.165, 1.54) is 0 Å². The van der Waals surface area contributed by atoms with Crippen LogP contribution in [0, 0.1) is 0 Å². The molecule has 0 aliphatic heterocycles. The van der Waals surface area contributed by atoms with Gasteiger partial charge in [-0.1, -0.05) is 0 Å². The summed E-state index contributed by atoms with van der Waals surface area (Å²) in [6.07, 6.45) is 1.37. The van der Waals surface area contributed by atoms with Crippen molar-refractivity contribution in [3.8, 4) is 0 Å². The highest BCUT2D eigenvalue weighted by molar-refractivity contribution is 4.44. The zero-order valence-corrected chi connectivity index (χ0v) is 9.23. The third-order valence-corrected chi connectivity index (χ3v) is 1.68. The lowest BCUT2D eigenvalue weighted by Gasteiger charge is -2.04. The van der Waals surface area contributed by atoms with Crippen molar-refractivity contribution in [1.29, 1.82) is 0 Å². The smallest absolute Gasteiger partial charge is 0.0607 e. The van der Waals surface area contributed by atoms with Gasteiger partial charge in [-0.3, -0.25) is 0 Å². The molecular formula is C10H22NO4. The van der Waals surface area contributed by atoms with Crippen LogP contribution in [0.2, 0.25) is 0 Å².